The number of likely N-dealkylation sites (N-methyl/N-ethyl adjacent to an activating group) is 1. The van der Waals surface area contributed by atoms with E-state index in [0.29, 0.717) is 62.1 Å². The zero-order valence-corrected chi connectivity index (χ0v) is 40.1. The molecule has 0 radical (unpaired) electrons. The van der Waals surface area contributed by atoms with E-state index in [4.69, 9.17) is 14.2 Å². The van der Waals surface area contributed by atoms with E-state index in [2.05, 4.69) is 20.9 Å². The zero-order valence-electron chi connectivity index (χ0n) is 40.1. The van der Waals surface area contributed by atoms with Gasteiger partial charge < -0.3 is 50.0 Å². The number of alkyl carbamates (subject to hydrolysis) is 1. The van der Waals surface area contributed by atoms with Crippen LogP contribution in [-0.2, 0) is 39.6 Å². The molecule has 4 N–H and O–H groups in total. The first-order valence-corrected chi connectivity index (χ1v) is 22.8. The fourth-order valence-corrected chi connectivity index (χ4v) is 9.58. The molecule has 0 bridgehead atoms. The number of nitrogens with one attached hydrogen (secondary N) is 3. The van der Waals surface area contributed by atoms with Gasteiger partial charge in [-0.1, -0.05) is 24.3 Å². The van der Waals surface area contributed by atoms with Crippen molar-refractivity contribution in [3.8, 4) is 0 Å². The minimum atomic E-state index is -4.53. The van der Waals surface area contributed by atoms with Gasteiger partial charge in [-0.05, 0) is 126 Å². The van der Waals surface area contributed by atoms with Gasteiger partial charge in [-0.25, -0.2) is 9.59 Å². The molecular weight excluding hydrogens is 904 g/mol. The highest BCUT2D eigenvalue weighted by Crippen LogP contribution is 2.48. The Morgan fingerprint density at radius 2 is 1.12 bits per heavy atom. The molecule has 3 fully saturated rings. The summed E-state index contributed by atoms with van der Waals surface area (Å²) in [6.45, 7) is 7.06. The van der Waals surface area contributed by atoms with Crippen molar-refractivity contribution in [1.82, 2.24) is 20.0 Å². The van der Waals surface area contributed by atoms with Crippen LogP contribution in [0.5, 0.6) is 0 Å². The Hall–Kier alpha value is -6.41. The van der Waals surface area contributed by atoms with Crippen molar-refractivity contribution in [2.75, 3.05) is 57.0 Å². The fraction of sp³-hybridized carbons (Fsp3) is 0.510. The predicted octanol–water partition coefficient (Wildman–Crippen LogP) is 7.20. The number of methoxy groups -OCH3 is 3. The van der Waals surface area contributed by atoms with Crippen LogP contribution in [0.1, 0.15) is 95.0 Å². The van der Waals surface area contributed by atoms with Gasteiger partial charge in [0.1, 0.15) is 24.2 Å². The maximum absolute atomic E-state index is 13.9. The number of carbonyl (C=O) groups excluding carboxylic acids is 5. The summed E-state index contributed by atoms with van der Waals surface area (Å²) in [4.78, 5) is 85.1. The SMILES string of the molecule is COC(=O)N[C@H](C(=O)N1CCCC1C(=O)Nc1ccc([C@H]2CC[C@H](c3ccc(NC(=O)[C@@H]4CCCN4C(=O)[C@@H](N(C)C(=O)O)C(C)(C)OC)cc3)N2c2ccc(C(F)(F)F)cc2)cc1)C(C)(C)OC. The molecule has 69 heavy (non-hydrogen) atoms. The number of alkyl halides is 3. The van der Waals surface area contributed by atoms with Crippen LogP contribution in [0.25, 0.3) is 0 Å². The molecule has 1 unspecified atom stereocenters. The van der Waals surface area contributed by atoms with Gasteiger partial charge in [0.25, 0.3) is 0 Å². The van der Waals surface area contributed by atoms with E-state index in [0.717, 1.165) is 28.2 Å². The predicted molar refractivity (Wildman–Crippen MR) is 249 cm³/mol. The summed E-state index contributed by atoms with van der Waals surface area (Å²) in [5.74, 6) is -1.89. The molecule has 0 saturated carbocycles. The first kappa shape index (κ1) is 52.0. The van der Waals surface area contributed by atoms with E-state index in [1.807, 2.05) is 24.3 Å². The summed E-state index contributed by atoms with van der Waals surface area (Å²) in [6.07, 6.45) is -3.56. The van der Waals surface area contributed by atoms with Gasteiger partial charge in [-0.2, -0.15) is 13.2 Å². The molecular formula is C49H62F3N7O10. The summed E-state index contributed by atoms with van der Waals surface area (Å²) in [7, 11) is 5.27. The lowest BCUT2D eigenvalue weighted by Crippen LogP contribution is -2.61. The lowest BCUT2D eigenvalue weighted by atomic mass is 9.95. The molecule has 0 spiro atoms. The van der Waals surface area contributed by atoms with Crippen LogP contribution in [0, 0.1) is 0 Å². The maximum Gasteiger partial charge on any atom is 0.416 e. The maximum atomic E-state index is 13.9. The van der Waals surface area contributed by atoms with Crippen LogP contribution in [0.15, 0.2) is 72.8 Å². The van der Waals surface area contributed by atoms with Crippen LogP contribution in [0.2, 0.25) is 0 Å². The van der Waals surface area contributed by atoms with Crippen molar-refractivity contribution in [2.45, 2.75) is 120 Å². The summed E-state index contributed by atoms with van der Waals surface area (Å²) in [5, 5.41) is 18.1. The van der Waals surface area contributed by atoms with Crippen molar-refractivity contribution in [3.63, 3.8) is 0 Å². The second-order valence-corrected chi connectivity index (χ2v) is 18.6. The minimum Gasteiger partial charge on any atom is -0.465 e. The second kappa shape index (κ2) is 21.1. The number of amides is 6. The quantitative estimate of drug-likeness (QED) is 0.120. The fourth-order valence-electron chi connectivity index (χ4n) is 9.58. The molecule has 0 aliphatic carbocycles. The van der Waals surface area contributed by atoms with Crippen molar-refractivity contribution < 1.29 is 61.3 Å². The van der Waals surface area contributed by atoms with Gasteiger partial charge in [-0.3, -0.25) is 24.1 Å². The Labute approximate surface area is 399 Å². The number of halogens is 3. The third-order valence-corrected chi connectivity index (χ3v) is 13.7. The number of likely N-dealkylation sites (tertiary alicyclic amines) is 2. The summed E-state index contributed by atoms with van der Waals surface area (Å²) >= 11 is 0. The number of carboxylic acid groups (broad SMARTS) is 1. The average molecular weight is 966 g/mol. The topological polar surface area (TPSA) is 199 Å². The Morgan fingerprint density at radius 1 is 0.667 bits per heavy atom. The van der Waals surface area contributed by atoms with Gasteiger partial charge in [0.2, 0.25) is 23.6 Å². The van der Waals surface area contributed by atoms with Crippen LogP contribution in [0.3, 0.4) is 0 Å². The van der Waals surface area contributed by atoms with E-state index < -0.39 is 82.9 Å². The molecule has 0 aromatic heterocycles. The first-order valence-electron chi connectivity index (χ1n) is 22.8. The van der Waals surface area contributed by atoms with Crippen molar-refractivity contribution >= 4 is 52.9 Å². The Kier molecular flexibility index (Phi) is 15.9. The normalized spacial score (nSPS) is 20.5. The molecule has 17 nitrogen and oxygen atoms in total. The van der Waals surface area contributed by atoms with Crippen molar-refractivity contribution in [2.24, 2.45) is 0 Å². The van der Waals surface area contributed by atoms with Crippen molar-refractivity contribution in [3.05, 3.63) is 89.5 Å². The largest absolute Gasteiger partial charge is 0.465 e. The molecule has 6 atom stereocenters. The molecule has 3 aliphatic heterocycles. The van der Waals surface area contributed by atoms with Crippen molar-refractivity contribution in [1.29, 1.82) is 0 Å². The number of hydrogen-bond acceptors (Lipinski definition) is 10. The number of benzene rings is 3. The Balaban J connectivity index is 1.19. The molecule has 3 saturated heterocycles. The van der Waals surface area contributed by atoms with E-state index in [9.17, 15) is 47.0 Å². The lowest BCUT2D eigenvalue weighted by molar-refractivity contribution is -0.149. The smallest absolute Gasteiger partial charge is 0.416 e. The van der Waals surface area contributed by atoms with E-state index >= 15 is 0 Å². The molecule has 20 heteroatoms. The summed E-state index contributed by atoms with van der Waals surface area (Å²) < 4.78 is 56.9. The highest BCUT2D eigenvalue weighted by molar-refractivity contribution is 6.00. The highest BCUT2D eigenvalue weighted by atomic mass is 19.4. The number of carbonyl (C=O) groups is 6. The standard InChI is InChI=1S/C49H62F3N7O10/c1-47(2,68-7)39(55-45(64)67-6)43(62)57-27-9-11-37(57)41(60)53-32-19-13-29(14-20-32)35-25-26-36(59(35)34-23-17-31(18-24-34)49(50,51)52)30-15-21-33(22-16-30)54-42(61)38-12-10-28-58(38)44(63)40(48(3,4)69-8)56(5)46(65)66/h13-24,35-40H,9-12,25-28H2,1-8H3,(H,53,60)(H,54,61)(H,55,64)(H,65,66)/t35-,36-,37?,38+,39-,40-/m1/s1. The number of anilines is 3. The third-order valence-electron chi connectivity index (χ3n) is 13.7. The molecule has 374 valence electrons. The number of rotatable bonds is 15. The Morgan fingerprint density at radius 3 is 1.52 bits per heavy atom. The van der Waals surface area contributed by atoms with Crippen LogP contribution >= 0.6 is 0 Å². The van der Waals surface area contributed by atoms with Gasteiger partial charge in [0, 0.05) is 51.4 Å². The van der Waals surface area contributed by atoms with Crippen LogP contribution < -0.4 is 20.9 Å². The van der Waals surface area contributed by atoms with E-state index in [-0.39, 0.29) is 18.6 Å². The number of nitrogens with zero attached hydrogens (tertiary/aromatic N) is 4. The van der Waals surface area contributed by atoms with Crippen LogP contribution in [-0.4, -0.2) is 132 Å². The number of ether oxygens (including phenoxy) is 3. The Bertz CT molecular complexity index is 2350. The molecule has 3 heterocycles. The monoisotopic (exact) mass is 965 g/mol. The summed E-state index contributed by atoms with van der Waals surface area (Å²) in [6, 6.07) is 14.7. The third kappa shape index (κ3) is 11.4. The molecule has 6 amide bonds. The highest BCUT2D eigenvalue weighted by Gasteiger charge is 2.47. The molecule has 3 aromatic carbocycles. The van der Waals surface area contributed by atoms with Crippen LogP contribution in [0.4, 0.5) is 39.8 Å². The van der Waals surface area contributed by atoms with E-state index in [1.165, 1.54) is 50.3 Å². The minimum absolute atomic E-state index is 0.259. The molecule has 3 aromatic rings. The lowest BCUT2D eigenvalue weighted by Gasteiger charge is -2.39. The number of hydrogen-bond donors (Lipinski definition) is 4. The zero-order chi connectivity index (χ0) is 50.6. The van der Waals surface area contributed by atoms with Gasteiger partial charge in [0.15, 0.2) is 0 Å². The average Bonchev–Trinajstić information content (AvgIpc) is 4.12. The first-order chi connectivity index (χ1) is 32.5. The molecule has 3 aliphatic rings. The van der Waals surface area contributed by atoms with Gasteiger partial charge in [0.05, 0.1) is 36.0 Å². The second-order valence-electron chi connectivity index (χ2n) is 18.6. The van der Waals surface area contributed by atoms with E-state index in [1.54, 1.807) is 52.0 Å². The summed E-state index contributed by atoms with van der Waals surface area (Å²) in [5.41, 5.74) is 0.0594. The van der Waals surface area contributed by atoms with Gasteiger partial charge in [-0.15, -0.1) is 0 Å². The molecule has 6 rings (SSSR count). The van der Waals surface area contributed by atoms with Gasteiger partial charge >= 0.3 is 18.4 Å².